The number of aliphatic carboxylic acids is 1. The van der Waals surface area contributed by atoms with E-state index in [1.807, 2.05) is 0 Å². The van der Waals surface area contributed by atoms with Crippen molar-refractivity contribution in [1.82, 2.24) is 10.6 Å². The molecule has 0 aliphatic carbocycles. The summed E-state index contributed by atoms with van der Waals surface area (Å²) < 4.78 is 0. The van der Waals surface area contributed by atoms with Gasteiger partial charge in [0, 0.05) is 56.0 Å². The molecule has 0 fully saturated rings. The standard InChI is InChI=1S/C6H18N4.C2H2Cl2O2.Co.2HNO2/c7-1-3-9-5-6-10-4-2-8;3-1(4)2(5)6;;2*2-1-3/h9-10H,1-8H2;1H,(H,5,6);;2*(H,2,3)/p-3. The van der Waals surface area contributed by atoms with Crippen LogP contribution in [-0.4, -0.2) is 50.1 Å². The van der Waals surface area contributed by atoms with E-state index in [1.54, 1.807) is 0 Å². The van der Waals surface area contributed by atoms with Crippen LogP contribution >= 0.6 is 23.2 Å². The van der Waals surface area contributed by atoms with Gasteiger partial charge in [-0.05, 0) is 0 Å². The molecule has 0 aliphatic heterocycles. The second-order valence-corrected chi connectivity index (χ2v) is 3.94. The molecule has 0 saturated heterocycles. The van der Waals surface area contributed by atoms with Crippen molar-refractivity contribution in [1.29, 1.82) is 0 Å². The number of nitrogens with two attached hydrogens (primary N) is 2. The van der Waals surface area contributed by atoms with Gasteiger partial charge in [0.15, 0.2) is 0 Å². The van der Waals surface area contributed by atoms with Crippen LogP contribution < -0.4 is 27.2 Å². The van der Waals surface area contributed by atoms with E-state index in [2.05, 4.69) is 10.6 Å². The van der Waals surface area contributed by atoms with Gasteiger partial charge in [-0.3, -0.25) is 0 Å². The number of carboxylic acids is 1. The van der Waals surface area contributed by atoms with Gasteiger partial charge >= 0.3 is 0 Å². The third-order valence-electron chi connectivity index (χ3n) is 1.30. The van der Waals surface area contributed by atoms with Crippen molar-refractivity contribution < 1.29 is 26.7 Å². The van der Waals surface area contributed by atoms with Crippen LogP contribution in [0, 0.1) is 20.2 Å². The number of halogens is 2. The average Bonchev–Trinajstić information content (AvgIpc) is 2.45. The van der Waals surface area contributed by atoms with Crippen molar-refractivity contribution in [2.24, 2.45) is 22.1 Å². The van der Waals surface area contributed by atoms with E-state index in [0.29, 0.717) is 13.1 Å². The summed E-state index contributed by atoms with van der Waals surface area (Å²) in [6.07, 6.45) is 0. The maximum atomic E-state index is 9.32. The summed E-state index contributed by atoms with van der Waals surface area (Å²) in [7, 11) is 0. The summed E-state index contributed by atoms with van der Waals surface area (Å²) in [5.74, 6) is -1.46. The smallest absolute Gasteiger partial charge is 0.146 e. The first-order valence-corrected chi connectivity index (χ1v) is 6.47. The van der Waals surface area contributed by atoms with Crippen LogP contribution in [0.2, 0.25) is 0 Å². The zero-order valence-corrected chi connectivity index (χ0v) is 14.5. The quantitative estimate of drug-likeness (QED) is 0.147. The van der Waals surface area contributed by atoms with Crippen LogP contribution in [0.3, 0.4) is 0 Å². The number of rotatable bonds is 8. The first-order valence-electron chi connectivity index (χ1n) is 5.59. The number of carboxylic acid groups (broad SMARTS) is 1. The second-order valence-electron chi connectivity index (χ2n) is 2.85. The Morgan fingerprint density at radius 3 is 1.30 bits per heavy atom. The molecule has 0 bridgehead atoms. The van der Waals surface area contributed by atoms with Gasteiger partial charge in [-0.1, -0.05) is 23.2 Å². The van der Waals surface area contributed by atoms with E-state index in [-0.39, 0.29) is 16.8 Å². The van der Waals surface area contributed by atoms with Crippen LogP contribution in [-0.2, 0) is 21.6 Å². The van der Waals surface area contributed by atoms with Crippen LogP contribution in [0.25, 0.3) is 0 Å². The van der Waals surface area contributed by atoms with Gasteiger partial charge in [-0.2, -0.15) is 0 Å². The molecular formula is C8H19Cl2CoN6O6-3. The zero-order chi connectivity index (χ0) is 18.2. The van der Waals surface area contributed by atoms with Crippen molar-refractivity contribution in [3.63, 3.8) is 0 Å². The van der Waals surface area contributed by atoms with E-state index >= 15 is 0 Å². The molecule has 0 rings (SSSR count). The second kappa shape index (κ2) is 37.4. The van der Waals surface area contributed by atoms with E-state index < -0.39 is 10.8 Å². The minimum absolute atomic E-state index is 0. The predicted octanol–water partition coefficient (Wildman–Crippen LogP) is -1.88. The van der Waals surface area contributed by atoms with Crippen LogP contribution in [0.5, 0.6) is 0 Å². The Morgan fingerprint density at radius 2 is 1.17 bits per heavy atom. The predicted molar refractivity (Wildman–Crippen MR) is 82.7 cm³/mol. The minimum Gasteiger partial charge on any atom is -0.547 e. The largest absolute Gasteiger partial charge is 0.547 e. The minimum atomic E-state index is -1.46. The van der Waals surface area contributed by atoms with E-state index in [0.717, 1.165) is 36.9 Å². The average molecular weight is 425 g/mol. The van der Waals surface area contributed by atoms with Crippen molar-refractivity contribution in [3.05, 3.63) is 20.2 Å². The molecule has 0 aromatic carbocycles. The Bertz CT molecular complexity index is 231. The van der Waals surface area contributed by atoms with Crippen molar-refractivity contribution in [2.75, 3.05) is 39.3 Å². The summed E-state index contributed by atoms with van der Waals surface area (Å²) >= 11 is 9.43. The molecule has 0 heterocycles. The molecule has 0 amide bonds. The van der Waals surface area contributed by atoms with Gasteiger partial charge in [0.2, 0.25) is 0 Å². The van der Waals surface area contributed by atoms with Gasteiger partial charge in [-0.25, -0.2) is 0 Å². The first-order chi connectivity index (χ1) is 10.4. The maximum Gasteiger partial charge on any atom is 0.146 e. The van der Waals surface area contributed by atoms with Crippen molar-refractivity contribution in [3.8, 4) is 0 Å². The third kappa shape index (κ3) is 75.1. The number of nitrogens with one attached hydrogen (secondary N) is 2. The van der Waals surface area contributed by atoms with Gasteiger partial charge in [-0.15, -0.1) is 10.7 Å². The monoisotopic (exact) mass is 424 g/mol. The molecule has 0 unspecified atom stereocenters. The van der Waals surface area contributed by atoms with Crippen molar-refractivity contribution >= 4 is 29.2 Å². The summed E-state index contributed by atoms with van der Waals surface area (Å²) in [5.41, 5.74) is 10.5. The molecule has 0 saturated carbocycles. The first kappa shape index (κ1) is 33.7. The number of carbonyl (C=O) groups is 1. The molecule has 0 aromatic rings. The third-order valence-corrected chi connectivity index (χ3v) is 1.66. The maximum absolute atomic E-state index is 9.32. The number of carbonyl (C=O) groups excluding carboxylic acids is 1. The number of alkyl halides is 2. The Kier molecular flexibility index (Phi) is 54.9. The molecule has 143 valence electrons. The van der Waals surface area contributed by atoms with E-state index in [9.17, 15) is 9.90 Å². The van der Waals surface area contributed by atoms with Gasteiger partial charge < -0.3 is 52.2 Å². The number of hydrogen-bond acceptors (Lipinski definition) is 12. The molecule has 0 spiro atoms. The Hall–Kier alpha value is -0.804. The van der Waals surface area contributed by atoms with Crippen molar-refractivity contribution in [2.45, 2.75) is 4.84 Å². The SMILES string of the molecule is NCCNCCNCCN.O=C([O-])C(Cl)Cl.O=N[O-].O=N[O-].[Co]. The summed E-state index contributed by atoms with van der Waals surface area (Å²) in [6, 6.07) is 0. The Morgan fingerprint density at radius 1 is 0.957 bits per heavy atom. The number of nitrogens with zero attached hydrogens (tertiary/aromatic N) is 2. The van der Waals surface area contributed by atoms with Crippen LogP contribution in [0.15, 0.2) is 10.7 Å². The van der Waals surface area contributed by atoms with Gasteiger partial charge in [0.05, 0.1) is 5.97 Å². The topological polar surface area (TPSA) is 221 Å². The molecule has 6 N–H and O–H groups in total. The normalized spacial score (nSPS) is 7.87. The van der Waals surface area contributed by atoms with E-state index in [1.165, 1.54) is 0 Å². The summed E-state index contributed by atoms with van der Waals surface area (Å²) in [5, 5.41) is 33.7. The summed E-state index contributed by atoms with van der Waals surface area (Å²) in [6.45, 7) is 5.14. The Balaban J connectivity index is -0.0000000712. The fraction of sp³-hybridized carbons (Fsp3) is 0.875. The molecule has 15 heteroatoms. The van der Waals surface area contributed by atoms with E-state index in [4.69, 9.17) is 54.9 Å². The fourth-order valence-electron chi connectivity index (χ4n) is 0.631. The number of hydrogen-bond donors (Lipinski definition) is 4. The summed E-state index contributed by atoms with van der Waals surface area (Å²) in [4.78, 5) is 23.9. The van der Waals surface area contributed by atoms with Gasteiger partial charge in [0.25, 0.3) is 0 Å². The fourth-order valence-corrected chi connectivity index (χ4v) is 0.631. The molecule has 23 heavy (non-hydrogen) atoms. The molecule has 0 atom stereocenters. The zero-order valence-electron chi connectivity index (χ0n) is 11.9. The van der Waals surface area contributed by atoms with Crippen LogP contribution in [0.4, 0.5) is 0 Å². The molecular weight excluding hydrogens is 406 g/mol. The molecule has 0 aliphatic rings. The van der Waals surface area contributed by atoms with Crippen LogP contribution in [0.1, 0.15) is 0 Å². The molecule has 0 aromatic heterocycles. The molecule has 12 nitrogen and oxygen atoms in total. The molecule has 1 radical (unpaired) electrons. The van der Waals surface area contributed by atoms with Gasteiger partial charge in [0.1, 0.15) is 4.84 Å². The Labute approximate surface area is 153 Å².